The average Bonchev–Trinajstić information content (AvgIpc) is 2.67. The fourth-order valence-corrected chi connectivity index (χ4v) is 1.99. The maximum absolute atomic E-state index is 5.24. The first-order valence-electron chi connectivity index (χ1n) is 5.03. The van der Waals surface area contributed by atoms with Gasteiger partial charge in [0.2, 0.25) is 0 Å². The highest BCUT2D eigenvalue weighted by atomic mass is 16.4. The second-order valence-electron chi connectivity index (χ2n) is 3.66. The van der Waals surface area contributed by atoms with Gasteiger partial charge < -0.3 is 9.73 Å². The average molecular weight is 180 g/mol. The number of nitrogens with zero attached hydrogens (tertiary/aromatic N) is 1. The van der Waals surface area contributed by atoms with Gasteiger partial charge in [-0.05, 0) is 12.8 Å². The number of hydrogen-bond acceptors (Lipinski definition) is 3. The van der Waals surface area contributed by atoms with Gasteiger partial charge in [-0.3, -0.25) is 0 Å². The zero-order chi connectivity index (χ0) is 9.10. The van der Waals surface area contributed by atoms with E-state index >= 15 is 0 Å². The predicted octanol–water partition coefficient (Wildman–Crippen LogP) is 2.76. The maximum atomic E-state index is 5.24. The Balaban J connectivity index is 2.05. The molecule has 1 aliphatic carbocycles. The van der Waals surface area contributed by atoms with Crippen molar-refractivity contribution in [2.75, 3.05) is 12.4 Å². The minimum Gasteiger partial charge on any atom is -0.432 e. The van der Waals surface area contributed by atoms with Gasteiger partial charge in [-0.2, -0.15) is 4.98 Å². The van der Waals surface area contributed by atoms with Crippen molar-refractivity contribution in [3.8, 4) is 0 Å². The summed E-state index contributed by atoms with van der Waals surface area (Å²) in [6, 6.07) is 0.639. The fourth-order valence-electron chi connectivity index (χ4n) is 1.99. The molecule has 1 aliphatic rings. The summed E-state index contributed by atoms with van der Waals surface area (Å²) in [6.45, 7) is 0. The zero-order valence-electron chi connectivity index (χ0n) is 8.05. The highest BCUT2D eigenvalue weighted by molar-refractivity contribution is 5.21. The summed E-state index contributed by atoms with van der Waals surface area (Å²) in [5.74, 6) is 0.639. The Hall–Kier alpha value is -0.990. The van der Waals surface area contributed by atoms with Crippen molar-refractivity contribution in [1.82, 2.24) is 4.98 Å². The largest absolute Gasteiger partial charge is 0.432 e. The summed E-state index contributed by atoms with van der Waals surface area (Å²) in [6.07, 6.45) is 8.40. The highest BCUT2D eigenvalue weighted by Crippen LogP contribution is 2.32. The molecule has 1 N–H and O–H groups in total. The van der Waals surface area contributed by atoms with Crippen LogP contribution in [-0.4, -0.2) is 12.0 Å². The lowest BCUT2D eigenvalue weighted by molar-refractivity contribution is 0.435. The first-order valence-corrected chi connectivity index (χ1v) is 5.03. The molecule has 0 aliphatic heterocycles. The summed E-state index contributed by atoms with van der Waals surface area (Å²) in [5.41, 5.74) is 1.13. The molecule has 0 amide bonds. The van der Waals surface area contributed by atoms with Gasteiger partial charge >= 0.3 is 0 Å². The first kappa shape index (κ1) is 8.60. The van der Waals surface area contributed by atoms with E-state index < -0.39 is 0 Å². The number of rotatable bonds is 2. The first-order chi connectivity index (χ1) is 6.40. The Morgan fingerprint density at radius 2 is 2.15 bits per heavy atom. The second kappa shape index (κ2) is 3.81. The van der Waals surface area contributed by atoms with Crippen molar-refractivity contribution in [2.24, 2.45) is 0 Å². The Morgan fingerprint density at radius 1 is 1.38 bits per heavy atom. The van der Waals surface area contributed by atoms with Crippen molar-refractivity contribution in [1.29, 1.82) is 0 Å². The molecule has 0 atom stereocenters. The van der Waals surface area contributed by atoms with Crippen LogP contribution in [0.2, 0.25) is 0 Å². The molecule has 0 radical (unpaired) electrons. The summed E-state index contributed by atoms with van der Waals surface area (Å²) >= 11 is 0. The zero-order valence-corrected chi connectivity index (χ0v) is 8.05. The summed E-state index contributed by atoms with van der Waals surface area (Å²) in [7, 11) is 1.83. The lowest BCUT2D eigenvalue weighted by Crippen LogP contribution is -2.04. The number of hydrogen-bond donors (Lipinski definition) is 1. The van der Waals surface area contributed by atoms with Gasteiger partial charge in [0.15, 0.2) is 0 Å². The van der Waals surface area contributed by atoms with E-state index in [1.54, 1.807) is 6.26 Å². The molecule has 0 saturated heterocycles. The Kier molecular flexibility index (Phi) is 2.52. The second-order valence-corrected chi connectivity index (χ2v) is 3.66. The van der Waals surface area contributed by atoms with Crippen LogP contribution in [0.4, 0.5) is 6.01 Å². The van der Waals surface area contributed by atoms with Crippen molar-refractivity contribution in [2.45, 2.75) is 38.0 Å². The van der Waals surface area contributed by atoms with Crippen LogP contribution in [0.25, 0.3) is 0 Å². The molecule has 1 heterocycles. The number of oxazole rings is 1. The minimum atomic E-state index is 0.639. The molecule has 72 valence electrons. The van der Waals surface area contributed by atoms with Crippen LogP contribution in [-0.2, 0) is 0 Å². The van der Waals surface area contributed by atoms with Gasteiger partial charge in [0, 0.05) is 13.0 Å². The third-order valence-corrected chi connectivity index (χ3v) is 2.76. The van der Waals surface area contributed by atoms with Crippen molar-refractivity contribution < 1.29 is 4.42 Å². The van der Waals surface area contributed by atoms with E-state index in [4.69, 9.17) is 4.42 Å². The molecule has 0 spiro atoms. The fraction of sp³-hybridized carbons (Fsp3) is 0.700. The topological polar surface area (TPSA) is 38.1 Å². The number of nitrogens with one attached hydrogen (secondary N) is 1. The van der Waals surface area contributed by atoms with Gasteiger partial charge in [-0.25, -0.2) is 0 Å². The van der Waals surface area contributed by atoms with Crippen molar-refractivity contribution in [3.63, 3.8) is 0 Å². The third-order valence-electron chi connectivity index (χ3n) is 2.76. The van der Waals surface area contributed by atoms with Crippen LogP contribution in [0, 0.1) is 0 Å². The number of anilines is 1. The molecule has 0 bridgehead atoms. The third kappa shape index (κ3) is 1.85. The number of aromatic nitrogens is 1. The summed E-state index contributed by atoms with van der Waals surface area (Å²) in [5, 5.41) is 2.91. The van der Waals surface area contributed by atoms with Crippen LogP contribution >= 0.6 is 0 Å². The smallest absolute Gasteiger partial charge is 0.294 e. The molecule has 1 fully saturated rings. The van der Waals surface area contributed by atoms with Crippen LogP contribution in [0.3, 0.4) is 0 Å². The van der Waals surface area contributed by atoms with Crippen LogP contribution in [0.5, 0.6) is 0 Å². The maximum Gasteiger partial charge on any atom is 0.294 e. The molecule has 0 aromatic carbocycles. The van der Waals surface area contributed by atoms with Crippen LogP contribution in [0.15, 0.2) is 10.7 Å². The van der Waals surface area contributed by atoms with E-state index in [1.165, 1.54) is 32.1 Å². The monoisotopic (exact) mass is 180 g/mol. The molecule has 13 heavy (non-hydrogen) atoms. The predicted molar refractivity (Wildman–Crippen MR) is 51.9 cm³/mol. The molecule has 1 aromatic heterocycles. The summed E-state index contributed by atoms with van der Waals surface area (Å²) < 4.78 is 5.24. The lowest BCUT2D eigenvalue weighted by Gasteiger charge is -2.18. The van der Waals surface area contributed by atoms with E-state index in [-0.39, 0.29) is 0 Å². The highest BCUT2D eigenvalue weighted by Gasteiger charge is 2.18. The summed E-state index contributed by atoms with van der Waals surface area (Å²) in [4.78, 5) is 4.37. The van der Waals surface area contributed by atoms with Crippen molar-refractivity contribution >= 4 is 6.01 Å². The molecular weight excluding hydrogens is 164 g/mol. The van der Waals surface area contributed by atoms with E-state index in [1.807, 2.05) is 7.05 Å². The van der Waals surface area contributed by atoms with Crippen LogP contribution in [0.1, 0.15) is 43.7 Å². The van der Waals surface area contributed by atoms with E-state index in [0.29, 0.717) is 11.9 Å². The van der Waals surface area contributed by atoms with E-state index in [9.17, 15) is 0 Å². The molecule has 3 heteroatoms. The molecule has 1 aromatic rings. The van der Waals surface area contributed by atoms with Crippen molar-refractivity contribution in [3.05, 3.63) is 12.0 Å². The van der Waals surface area contributed by atoms with E-state index in [2.05, 4.69) is 10.3 Å². The quantitative estimate of drug-likeness (QED) is 0.760. The Labute approximate surface area is 78.5 Å². The van der Waals surface area contributed by atoms with E-state index in [0.717, 1.165) is 5.69 Å². The molecule has 2 rings (SSSR count). The molecular formula is C10H16N2O. The van der Waals surface area contributed by atoms with Gasteiger partial charge in [-0.1, -0.05) is 19.3 Å². The lowest BCUT2D eigenvalue weighted by atomic mass is 9.87. The Morgan fingerprint density at radius 3 is 2.77 bits per heavy atom. The minimum absolute atomic E-state index is 0.639. The SMILES string of the molecule is CNc1nc(C2CCCCC2)co1. The van der Waals surface area contributed by atoms with Crippen LogP contribution < -0.4 is 5.32 Å². The van der Waals surface area contributed by atoms with Gasteiger partial charge in [0.1, 0.15) is 6.26 Å². The molecule has 1 saturated carbocycles. The van der Waals surface area contributed by atoms with Gasteiger partial charge in [-0.15, -0.1) is 0 Å². The Bertz CT molecular complexity index is 264. The van der Waals surface area contributed by atoms with Gasteiger partial charge in [0.25, 0.3) is 6.01 Å². The standard InChI is InChI=1S/C10H16N2O/c1-11-10-12-9(7-13-10)8-5-3-2-4-6-8/h7-8H,2-6H2,1H3,(H,11,12). The normalized spacial score (nSPS) is 18.8. The van der Waals surface area contributed by atoms with Gasteiger partial charge in [0.05, 0.1) is 5.69 Å². The molecule has 3 nitrogen and oxygen atoms in total. The molecule has 0 unspecified atom stereocenters.